The van der Waals surface area contributed by atoms with Crippen LogP contribution < -0.4 is 25.3 Å². The van der Waals surface area contributed by atoms with Gasteiger partial charge >= 0.3 is 6.18 Å². The molecule has 0 spiro atoms. The summed E-state index contributed by atoms with van der Waals surface area (Å²) in [5.41, 5.74) is 5.48. The molecule has 3 N–H and O–H groups in total. The number of fused-ring (bicyclic) bond motifs is 1. The van der Waals surface area contributed by atoms with Crippen molar-refractivity contribution in [3.63, 3.8) is 0 Å². The molecule has 0 amide bonds. The average Bonchev–Trinajstić information content (AvgIpc) is 3.27. The third kappa shape index (κ3) is 3.19. The molecular formula is C16H13F3N6O3. The van der Waals surface area contributed by atoms with Crippen molar-refractivity contribution >= 4 is 17.6 Å². The Labute approximate surface area is 155 Å². The van der Waals surface area contributed by atoms with Gasteiger partial charge in [-0.25, -0.2) is 4.98 Å². The van der Waals surface area contributed by atoms with Gasteiger partial charge in [-0.1, -0.05) is 0 Å². The standard InChI is InChI=1S/C16H13F3N6O3/c1-26-10-4-9(5-11-13(10)28-7-27-11)22-15-23-14(20)25(24-15)12-3-2-8(6-21-12)16(17,18)19/h2-6H,7H2,1H3,(H3,20,22,23,24). The van der Waals surface area contributed by atoms with Gasteiger partial charge in [-0.15, -0.1) is 5.10 Å². The molecule has 28 heavy (non-hydrogen) atoms. The predicted molar refractivity (Wildman–Crippen MR) is 91.0 cm³/mol. The Bertz CT molecular complexity index is 1020. The molecule has 3 aromatic rings. The molecule has 0 unspecified atom stereocenters. The van der Waals surface area contributed by atoms with Gasteiger partial charge < -0.3 is 25.3 Å². The molecule has 0 saturated carbocycles. The lowest BCUT2D eigenvalue weighted by Crippen LogP contribution is -2.08. The SMILES string of the molecule is COc1cc(Nc2nc(N)n(-c3ccc(C(F)(F)F)cn3)n2)cc2c1OCO2. The highest BCUT2D eigenvalue weighted by Crippen LogP contribution is 2.43. The van der Waals surface area contributed by atoms with E-state index in [1.807, 2.05) is 0 Å². The quantitative estimate of drug-likeness (QED) is 0.695. The number of aromatic nitrogens is 4. The fourth-order valence-corrected chi connectivity index (χ4v) is 2.56. The number of nitrogens with one attached hydrogen (secondary N) is 1. The van der Waals surface area contributed by atoms with E-state index >= 15 is 0 Å². The second-order valence-corrected chi connectivity index (χ2v) is 5.65. The van der Waals surface area contributed by atoms with Crippen LogP contribution in [0.15, 0.2) is 30.5 Å². The zero-order valence-corrected chi connectivity index (χ0v) is 14.3. The van der Waals surface area contributed by atoms with Crippen LogP contribution in [0, 0.1) is 0 Å². The van der Waals surface area contributed by atoms with Gasteiger partial charge in [0.1, 0.15) is 0 Å². The normalized spacial score (nSPS) is 12.9. The van der Waals surface area contributed by atoms with Gasteiger partial charge in [-0.05, 0) is 12.1 Å². The first kappa shape index (κ1) is 17.7. The number of methoxy groups -OCH3 is 1. The van der Waals surface area contributed by atoms with E-state index in [0.717, 1.165) is 16.8 Å². The van der Waals surface area contributed by atoms with E-state index in [0.29, 0.717) is 29.1 Å². The van der Waals surface area contributed by atoms with Crippen molar-refractivity contribution in [1.29, 1.82) is 0 Å². The molecule has 12 heteroatoms. The van der Waals surface area contributed by atoms with Gasteiger partial charge in [0.15, 0.2) is 17.3 Å². The van der Waals surface area contributed by atoms with Crippen LogP contribution in [0.2, 0.25) is 0 Å². The highest BCUT2D eigenvalue weighted by Gasteiger charge is 2.31. The lowest BCUT2D eigenvalue weighted by molar-refractivity contribution is -0.137. The van der Waals surface area contributed by atoms with E-state index in [1.54, 1.807) is 12.1 Å². The molecule has 1 aromatic carbocycles. The highest BCUT2D eigenvalue weighted by molar-refractivity contribution is 5.66. The van der Waals surface area contributed by atoms with Crippen LogP contribution in [-0.4, -0.2) is 33.7 Å². The zero-order chi connectivity index (χ0) is 19.9. The van der Waals surface area contributed by atoms with Crippen molar-refractivity contribution in [1.82, 2.24) is 19.7 Å². The van der Waals surface area contributed by atoms with Crippen molar-refractivity contribution in [3.8, 4) is 23.1 Å². The van der Waals surface area contributed by atoms with Crippen molar-refractivity contribution in [2.24, 2.45) is 0 Å². The second kappa shape index (κ2) is 6.48. The summed E-state index contributed by atoms with van der Waals surface area (Å²) in [4.78, 5) is 7.79. The van der Waals surface area contributed by atoms with Crippen molar-refractivity contribution in [2.75, 3.05) is 25.0 Å². The maximum Gasteiger partial charge on any atom is 0.417 e. The number of alkyl halides is 3. The monoisotopic (exact) mass is 394 g/mol. The molecule has 0 radical (unpaired) electrons. The molecule has 4 rings (SSSR count). The zero-order valence-electron chi connectivity index (χ0n) is 14.3. The number of nitrogens with zero attached hydrogens (tertiary/aromatic N) is 4. The Kier molecular flexibility index (Phi) is 4.09. The lowest BCUT2D eigenvalue weighted by Gasteiger charge is -2.08. The third-order valence-electron chi connectivity index (χ3n) is 3.84. The van der Waals surface area contributed by atoms with Crippen LogP contribution in [0.4, 0.5) is 30.8 Å². The second-order valence-electron chi connectivity index (χ2n) is 5.65. The summed E-state index contributed by atoms with van der Waals surface area (Å²) in [5.74, 6) is 1.57. The van der Waals surface area contributed by atoms with Crippen molar-refractivity contribution in [2.45, 2.75) is 6.18 Å². The molecule has 146 valence electrons. The first-order chi connectivity index (χ1) is 13.3. The van der Waals surface area contributed by atoms with E-state index < -0.39 is 11.7 Å². The largest absolute Gasteiger partial charge is 0.493 e. The average molecular weight is 394 g/mol. The van der Waals surface area contributed by atoms with Crippen LogP contribution in [0.3, 0.4) is 0 Å². The summed E-state index contributed by atoms with van der Waals surface area (Å²) in [6, 6.07) is 5.36. The number of anilines is 3. The summed E-state index contributed by atoms with van der Waals surface area (Å²) >= 11 is 0. The maximum atomic E-state index is 12.7. The summed E-state index contributed by atoms with van der Waals surface area (Å²) in [5, 5.41) is 7.06. The first-order valence-electron chi connectivity index (χ1n) is 7.86. The smallest absolute Gasteiger partial charge is 0.417 e. The third-order valence-corrected chi connectivity index (χ3v) is 3.84. The predicted octanol–water partition coefficient (Wildman–Crippen LogP) is 2.74. The van der Waals surface area contributed by atoms with E-state index in [1.165, 1.54) is 7.11 Å². The minimum Gasteiger partial charge on any atom is -0.493 e. The highest BCUT2D eigenvalue weighted by atomic mass is 19.4. The number of pyridine rings is 1. The van der Waals surface area contributed by atoms with Gasteiger partial charge in [0.2, 0.25) is 24.4 Å². The molecule has 3 heterocycles. The van der Waals surface area contributed by atoms with Crippen LogP contribution in [0.1, 0.15) is 5.56 Å². The molecule has 0 fully saturated rings. The molecule has 0 aliphatic carbocycles. The van der Waals surface area contributed by atoms with Gasteiger partial charge in [-0.2, -0.15) is 22.8 Å². The molecule has 0 atom stereocenters. The topological polar surface area (TPSA) is 109 Å². The van der Waals surface area contributed by atoms with Crippen LogP contribution in [0.5, 0.6) is 17.2 Å². The maximum absolute atomic E-state index is 12.7. The minimum absolute atomic E-state index is 0.0533. The summed E-state index contributed by atoms with van der Waals surface area (Å²) < 4.78 is 55.0. The van der Waals surface area contributed by atoms with Crippen LogP contribution >= 0.6 is 0 Å². The number of halogens is 3. The summed E-state index contributed by atoms with van der Waals surface area (Å²) in [6.45, 7) is 0.0779. The van der Waals surface area contributed by atoms with E-state index in [-0.39, 0.29) is 24.5 Å². The summed E-state index contributed by atoms with van der Waals surface area (Å²) in [6.07, 6.45) is -3.78. The Morgan fingerprint density at radius 1 is 1.25 bits per heavy atom. The van der Waals surface area contributed by atoms with Gasteiger partial charge in [-0.3, -0.25) is 0 Å². The number of ether oxygens (including phenoxy) is 3. The van der Waals surface area contributed by atoms with Crippen molar-refractivity contribution < 1.29 is 27.4 Å². The van der Waals surface area contributed by atoms with Gasteiger partial charge in [0.05, 0.1) is 12.7 Å². The number of rotatable bonds is 4. The Morgan fingerprint density at radius 3 is 2.75 bits per heavy atom. The molecule has 1 aliphatic rings. The van der Waals surface area contributed by atoms with Crippen LogP contribution in [-0.2, 0) is 6.18 Å². The molecule has 2 aromatic heterocycles. The number of nitrogens with two attached hydrogens (primary N) is 1. The van der Waals surface area contributed by atoms with E-state index in [2.05, 4.69) is 20.4 Å². The first-order valence-corrected chi connectivity index (χ1v) is 7.86. The summed E-state index contributed by atoms with van der Waals surface area (Å²) in [7, 11) is 1.49. The number of benzene rings is 1. The van der Waals surface area contributed by atoms with Gasteiger partial charge in [0, 0.05) is 24.0 Å². The Morgan fingerprint density at radius 2 is 2.07 bits per heavy atom. The minimum atomic E-state index is -4.48. The number of hydrogen-bond acceptors (Lipinski definition) is 8. The Balaban J connectivity index is 1.60. The fraction of sp³-hybridized carbons (Fsp3) is 0.188. The molecule has 9 nitrogen and oxygen atoms in total. The van der Waals surface area contributed by atoms with E-state index in [9.17, 15) is 13.2 Å². The fourth-order valence-electron chi connectivity index (χ4n) is 2.56. The molecule has 0 saturated heterocycles. The molecule has 1 aliphatic heterocycles. The molecule has 0 bridgehead atoms. The van der Waals surface area contributed by atoms with Gasteiger partial charge in [0.25, 0.3) is 0 Å². The van der Waals surface area contributed by atoms with Crippen LogP contribution in [0.25, 0.3) is 5.82 Å². The van der Waals surface area contributed by atoms with Crippen molar-refractivity contribution in [3.05, 3.63) is 36.0 Å². The number of nitrogen functional groups attached to an aromatic ring is 1. The Hall–Kier alpha value is -3.70. The molecular weight excluding hydrogens is 381 g/mol. The van der Waals surface area contributed by atoms with E-state index in [4.69, 9.17) is 19.9 Å². The number of hydrogen-bond donors (Lipinski definition) is 2. The lowest BCUT2D eigenvalue weighted by atomic mass is 10.2.